The van der Waals surface area contributed by atoms with Gasteiger partial charge in [0.2, 0.25) is 0 Å². The first-order valence-electron chi connectivity index (χ1n) is 11.9. The molecular weight excluding hydrogens is 513 g/mol. The predicted molar refractivity (Wildman–Crippen MR) is 139 cm³/mol. The van der Waals surface area contributed by atoms with Gasteiger partial charge in [-0.05, 0) is 54.8 Å². The quantitative estimate of drug-likeness (QED) is 0.474. The van der Waals surface area contributed by atoms with Crippen molar-refractivity contribution >= 4 is 24.8 Å². The number of aliphatic hydroxyl groups is 2. The lowest BCUT2D eigenvalue weighted by Gasteiger charge is -2.36. The number of nitrogens with zero attached hydrogens (tertiary/aromatic N) is 2. The van der Waals surface area contributed by atoms with Crippen LogP contribution in [0, 0.1) is 11.6 Å². The highest BCUT2D eigenvalue weighted by atomic mass is 35.5. The summed E-state index contributed by atoms with van der Waals surface area (Å²) in [5, 5.41) is 20.9. The van der Waals surface area contributed by atoms with Crippen molar-refractivity contribution in [3.8, 4) is 0 Å². The highest BCUT2D eigenvalue weighted by Crippen LogP contribution is 2.32. The van der Waals surface area contributed by atoms with Crippen molar-refractivity contribution in [2.75, 3.05) is 33.4 Å². The summed E-state index contributed by atoms with van der Waals surface area (Å²) in [6.07, 6.45) is 0.194. The van der Waals surface area contributed by atoms with Crippen LogP contribution in [0.1, 0.15) is 24.0 Å². The molecule has 0 radical (unpaired) electrons. The van der Waals surface area contributed by atoms with E-state index in [1.807, 2.05) is 0 Å². The first-order valence-corrected chi connectivity index (χ1v) is 11.9. The maximum absolute atomic E-state index is 13.4. The van der Waals surface area contributed by atoms with E-state index in [1.165, 1.54) is 24.3 Å². The summed E-state index contributed by atoms with van der Waals surface area (Å²) in [5.74, 6) is -0.583. The van der Waals surface area contributed by atoms with Gasteiger partial charge in [-0.1, -0.05) is 24.3 Å². The molecule has 2 fully saturated rings. The Morgan fingerprint density at radius 2 is 1.53 bits per heavy atom. The molecule has 36 heavy (non-hydrogen) atoms. The molecule has 0 bridgehead atoms. The minimum atomic E-state index is -0.814. The van der Waals surface area contributed by atoms with Crippen molar-refractivity contribution in [2.24, 2.45) is 0 Å². The molecule has 2 heterocycles. The largest absolute Gasteiger partial charge is 0.394 e. The molecule has 6 nitrogen and oxygen atoms in total. The summed E-state index contributed by atoms with van der Waals surface area (Å²) in [6.45, 7) is 2.71. The van der Waals surface area contributed by atoms with Crippen LogP contribution >= 0.6 is 24.8 Å². The summed E-state index contributed by atoms with van der Waals surface area (Å²) in [5.41, 5.74) is 1.88. The number of likely N-dealkylation sites (tertiary alicyclic amines) is 1. The van der Waals surface area contributed by atoms with E-state index in [9.17, 15) is 19.0 Å². The van der Waals surface area contributed by atoms with Crippen LogP contribution in [-0.4, -0.2) is 83.8 Å². The molecule has 0 saturated carbocycles. The smallest absolute Gasteiger partial charge is 0.123 e. The number of hydrogen-bond donors (Lipinski definition) is 2. The van der Waals surface area contributed by atoms with Gasteiger partial charge in [-0.2, -0.15) is 0 Å². The Hall–Kier alpha value is -1.36. The normalized spacial score (nSPS) is 26.1. The molecule has 202 valence electrons. The number of rotatable bonds is 10. The topological polar surface area (TPSA) is 65.4 Å². The number of hydrogen-bond acceptors (Lipinski definition) is 6. The molecule has 10 heteroatoms. The number of methoxy groups -OCH3 is 1. The van der Waals surface area contributed by atoms with Gasteiger partial charge < -0.3 is 19.7 Å². The van der Waals surface area contributed by atoms with E-state index in [-0.39, 0.29) is 61.2 Å². The molecule has 2 saturated heterocycles. The maximum Gasteiger partial charge on any atom is 0.123 e. The predicted octanol–water partition coefficient (Wildman–Crippen LogP) is 3.41. The molecule has 2 N–H and O–H groups in total. The molecule has 5 atom stereocenters. The molecule has 0 amide bonds. The van der Waals surface area contributed by atoms with Crippen LogP contribution in [0.15, 0.2) is 48.5 Å². The summed E-state index contributed by atoms with van der Waals surface area (Å²) < 4.78 is 38.5. The van der Waals surface area contributed by atoms with Gasteiger partial charge in [-0.25, -0.2) is 8.78 Å². The monoisotopic (exact) mass is 548 g/mol. The Morgan fingerprint density at radius 1 is 0.972 bits per heavy atom. The number of halogens is 4. The van der Waals surface area contributed by atoms with Crippen molar-refractivity contribution in [1.29, 1.82) is 0 Å². The number of ether oxygens (including phenoxy) is 2. The van der Waals surface area contributed by atoms with E-state index < -0.39 is 12.2 Å². The molecule has 2 aliphatic heterocycles. The fourth-order valence-electron chi connectivity index (χ4n) is 5.29. The molecule has 2 aliphatic rings. The fourth-order valence-corrected chi connectivity index (χ4v) is 5.29. The zero-order valence-electron chi connectivity index (χ0n) is 20.3. The van der Waals surface area contributed by atoms with Gasteiger partial charge >= 0.3 is 0 Å². The Labute approximate surface area is 224 Å². The van der Waals surface area contributed by atoms with Crippen LogP contribution in [0.3, 0.4) is 0 Å². The Morgan fingerprint density at radius 3 is 2.03 bits per heavy atom. The van der Waals surface area contributed by atoms with Crippen molar-refractivity contribution in [3.63, 3.8) is 0 Å². The lowest BCUT2D eigenvalue weighted by atomic mass is 10.0. The zero-order chi connectivity index (χ0) is 24.1. The van der Waals surface area contributed by atoms with E-state index in [4.69, 9.17) is 9.47 Å². The molecule has 0 spiro atoms. The molecular formula is C26H36Cl2F2N2O4. The molecule has 0 unspecified atom stereocenters. The SMILES string of the molecule is COC[C@H]1CCCN1[C@@H]1[C@H](O)[C@H](CO)O[C@@H]1CN(Cc1ccc(F)cc1)Cc1ccc(F)cc1.Cl.Cl. The molecule has 4 rings (SSSR count). The van der Waals surface area contributed by atoms with E-state index in [0.717, 1.165) is 30.5 Å². The van der Waals surface area contributed by atoms with Crippen LogP contribution < -0.4 is 0 Å². The zero-order valence-corrected chi connectivity index (χ0v) is 22.0. The minimum absolute atomic E-state index is 0. The fraction of sp³-hybridized carbons (Fsp3) is 0.538. The van der Waals surface area contributed by atoms with Gasteiger partial charge in [0.25, 0.3) is 0 Å². The molecule has 0 aliphatic carbocycles. The molecule has 0 aromatic heterocycles. The standard InChI is InChI=1S/C26H34F2N2O4.2ClH/c1-33-17-22-3-2-12-30(22)25-23(34-24(16-31)26(25)32)15-29(13-18-4-8-20(27)9-5-18)14-19-6-10-21(28)11-7-19;;/h4-11,22-26,31-32H,2-3,12-17H2,1H3;2*1H/t22-,23-,24+,25+,26-;;/m1../s1. The Balaban J connectivity index is 0.00000228. The van der Waals surface area contributed by atoms with Crippen molar-refractivity contribution in [2.45, 2.75) is 56.3 Å². The third-order valence-corrected chi connectivity index (χ3v) is 6.88. The third kappa shape index (κ3) is 7.58. The second-order valence-electron chi connectivity index (χ2n) is 9.29. The summed E-state index contributed by atoms with van der Waals surface area (Å²) in [7, 11) is 1.68. The van der Waals surface area contributed by atoms with Crippen LogP contribution in [0.2, 0.25) is 0 Å². The summed E-state index contributed by atoms with van der Waals surface area (Å²) >= 11 is 0. The maximum atomic E-state index is 13.4. The van der Waals surface area contributed by atoms with Gasteiger partial charge in [0.1, 0.15) is 23.8 Å². The van der Waals surface area contributed by atoms with Gasteiger partial charge in [-0.15, -0.1) is 24.8 Å². The first kappa shape index (κ1) is 30.9. The van der Waals surface area contributed by atoms with Crippen molar-refractivity contribution in [1.82, 2.24) is 9.80 Å². The highest BCUT2D eigenvalue weighted by Gasteiger charge is 2.49. The molecule has 2 aromatic rings. The highest BCUT2D eigenvalue weighted by molar-refractivity contribution is 5.85. The average molecular weight is 549 g/mol. The first-order chi connectivity index (χ1) is 16.5. The number of aliphatic hydroxyl groups excluding tert-OH is 2. The summed E-state index contributed by atoms with van der Waals surface area (Å²) in [4.78, 5) is 4.43. The lowest BCUT2D eigenvalue weighted by Crippen LogP contribution is -2.53. The van der Waals surface area contributed by atoms with Crippen LogP contribution in [0.4, 0.5) is 8.78 Å². The van der Waals surface area contributed by atoms with Crippen molar-refractivity contribution < 1.29 is 28.5 Å². The molecule has 2 aromatic carbocycles. The van der Waals surface area contributed by atoms with E-state index in [1.54, 1.807) is 31.4 Å². The summed E-state index contributed by atoms with van der Waals surface area (Å²) in [6, 6.07) is 12.7. The van der Waals surface area contributed by atoms with E-state index in [2.05, 4.69) is 9.80 Å². The van der Waals surface area contributed by atoms with Gasteiger partial charge in [0.15, 0.2) is 0 Å². The van der Waals surface area contributed by atoms with E-state index in [0.29, 0.717) is 26.2 Å². The van der Waals surface area contributed by atoms with Gasteiger partial charge in [-0.3, -0.25) is 9.80 Å². The number of benzene rings is 2. The lowest BCUT2D eigenvalue weighted by molar-refractivity contribution is -0.0331. The second-order valence-corrected chi connectivity index (χ2v) is 9.29. The average Bonchev–Trinajstić information content (AvgIpc) is 3.40. The van der Waals surface area contributed by atoms with Crippen molar-refractivity contribution in [3.05, 3.63) is 71.3 Å². The van der Waals surface area contributed by atoms with E-state index >= 15 is 0 Å². The van der Waals surface area contributed by atoms with Crippen LogP contribution in [0.25, 0.3) is 0 Å². The van der Waals surface area contributed by atoms with Crippen LogP contribution in [-0.2, 0) is 22.6 Å². The Kier molecular flexibility index (Phi) is 12.5. The van der Waals surface area contributed by atoms with Gasteiger partial charge in [0, 0.05) is 32.8 Å². The second kappa shape index (κ2) is 14.5. The Bertz CT molecular complexity index is 862. The van der Waals surface area contributed by atoms with Gasteiger partial charge in [0.05, 0.1) is 25.4 Å². The minimum Gasteiger partial charge on any atom is -0.394 e. The van der Waals surface area contributed by atoms with Crippen LogP contribution in [0.5, 0.6) is 0 Å². The third-order valence-electron chi connectivity index (χ3n) is 6.88.